The SMILES string of the molecule is CCCCc1cnc(-c2ccc(OC(=O)C(C)OC)cc2)nc1. The maximum atomic E-state index is 11.7. The normalized spacial score (nSPS) is 12.0. The minimum atomic E-state index is -0.589. The van der Waals surface area contributed by atoms with Crippen LogP contribution in [-0.4, -0.2) is 29.2 Å². The molecule has 1 atom stereocenters. The lowest BCUT2D eigenvalue weighted by Crippen LogP contribution is -2.24. The number of ether oxygens (including phenoxy) is 2. The molecule has 1 aromatic heterocycles. The molecule has 1 heterocycles. The zero-order chi connectivity index (χ0) is 16.7. The number of carbonyl (C=O) groups excluding carboxylic acids is 1. The number of methoxy groups -OCH3 is 1. The van der Waals surface area contributed by atoms with Gasteiger partial charge in [0, 0.05) is 25.1 Å². The van der Waals surface area contributed by atoms with Gasteiger partial charge in [-0.2, -0.15) is 0 Å². The number of hydrogen-bond donors (Lipinski definition) is 0. The first-order valence-electron chi connectivity index (χ1n) is 7.80. The van der Waals surface area contributed by atoms with Gasteiger partial charge in [0.2, 0.25) is 0 Å². The lowest BCUT2D eigenvalue weighted by molar-refractivity contribution is -0.144. The molecule has 0 bridgehead atoms. The highest BCUT2D eigenvalue weighted by molar-refractivity contribution is 5.77. The summed E-state index contributed by atoms with van der Waals surface area (Å²) in [6.07, 6.45) is 6.45. The average Bonchev–Trinajstić information content (AvgIpc) is 2.60. The molecule has 0 radical (unpaired) electrons. The Morgan fingerprint density at radius 1 is 1.17 bits per heavy atom. The van der Waals surface area contributed by atoms with E-state index < -0.39 is 12.1 Å². The number of carbonyl (C=O) groups is 1. The highest BCUT2D eigenvalue weighted by Gasteiger charge is 2.14. The molecular formula is C18H22N2O3. The molecule has 0 saturated heterocycles. The molecule has 5 heteroatoms. The number of rotatable bonds is 7. The average molecular weight is 314 g/mol. The predicted molar refractivity (Wildman–Crippen MR) is 88.2 cm³/mol. The van der Waals surface area contributed by atoms with Crippen molar-refractivity contribution in [3.63, 3.8) is 0 Å². The number of hydrogen-bond acceptors (Lipinski definition) is 5. The maximum absolute atomic E-state index is 11.7. The quantitative estimate of drug-likeness (QED) is 0.579. The second kappa shape index (κ2) is 8.39. The summed E-state index contributed by atoms with van der Waals surface area (Å²) in [5, 5.41) is 0. The van der Waals surface area contributed by atoms with Crippen molar-refractivity contribution in [2.45, 2.75) is 39.2 Å². The Morgan fingerprint density at radius 2 is 1.83 bits per heavy atom. The minimum absolute atomic E-state index is 0.420. The fourth-order valence-corrected chi connectivity index (χ4v) is 1.98. The van der Waals surface area contributed by atoms with Crippen molar-refractivity contribution in [2.24, 2.45) is 0 Å². The smallest absolute Gasteiger partial charge is 0.340 e. The van der Waals surface area contributed by atoms with Crippen molar-refractivity contribution < 1.29 is 14.3 Å². The second-order valence-electron chi connectivity index (χ2n) is 5.34. The third-order valence-electron chi connectivity index (χ3n) is 3.54. The number of aryl methyl sites for hydroxylation is 1. The van der Waals surface area contributed by atoms with Gasteiger partial charge in [0.05, 0.1) is 0 Å². The number of benzene rings is 1. The van der Waals surface area contributed by atoms with Crippen molar-refractivity contribution in [3.05, 3.63) is 42.2 Å². The van der Waals surface area contributed by atoms with E-state index in [-0.39, 0.29) is 0 Å². The summed E-state index contributed by atoms with van der Waals surface area (Å²) in [6, 6.07) is 7.12. The molecule has 0 amide bonds. The molecular weight excluding hydrogens is 292 g/mol. The summed E-state index contributed by atoms with van der Waals surface area (Å²) >= 11 is 0. The summed E-state index contributed by atoms with van der Waals surface area (Å²) in [5.74, 6) is 0.715. The Labute approximate surface area is 136 Å². The number of aromatic nitrogens is 2. The van der Waals surface area contributed by atoms with Crippen LogP contribution in [-0.2, 0) is 16.0 Å². The molecule has 0 fully saturated rings. The van der Waals surface area contributed by atoms with Gasteiger partial charge in [-0.1, -0.05) is 13.3 Å². The first-order valence-corrected chi connectivity index (χ1v) is 7.80. The van der Waals surface area contributed by atoms with Gasteiger partial charge in [-0.15, -0.1) is 0 Å². The second-order valence-corrected chi connectivity index (χ2v) is 5.34. The molecule has 23 heavy (non-hydrogen) atoms. The maximum Gasteiger partial charge on any atom is 0.340 e. The van der Waals surface area contributed by atoms with Gasteiger partial charge < -0.3 is 9.47 Å². The van der Waals surface area contributed by atoms with Crippen LogP contribution in [0.2, 0.25) is 0 Å². The molecule has 0 spiro atoms. The Balaban J connectivity index is 2.03. The van der Waals surface area contributed by atoms with Crippen LogP contribution < -0.4 is 4.74 Å². The largest absolute Gasteiger partial charge is 0.425 e. The van der Waals surface area contributed by atoms with E-state index in [1.807, 2.05) is 24.5 Å². The molecule has 122 valence electrons. The van der Waals surface area contributed by atoms with Crippen molar-refractivity contribution in [2.75, 3.05) is 7.11 Å². The molecule has 2 aromatic rings. The number of unbranched alkanes of at least 4 members (excludes halogenated alkanes) is 1. The van der Waals surface area contributed by atoms with Gasteiger partial charge in [0.1, 0.15) is 5.75 Å². The number of esters is 1. The lowest BCUT2D eigenvalue weighted by atomic mass is 10.1. The first-order chi connectivity index (χ1) is 11.1. The van der Waals surface area contributed by atoms with E-state index in [1.54, 1.807) is 19.1 Å². The Hall–Kier alpha value is -2.27. The predicted octanol–water partition coefficient (Wildman–Crippen LogP) is 3.43. The van der Waals surface area contributed by atoms with Gasteiger partial charge in [-0.05, 0) is 49.6 Å². The Kier molecular flexibility index (Phi) is 6.23. The Bertz CT molecular complexity index is 624. The van der Waals surface area contributed by atoms with Gasteiger partial charge in [-0.25, -0.2) is 14.8 Å². The minimum Gasteiger partial charge on any atom is -0.425 e. The third-order valence-corrected chi connectivity index (χ3v) is 3.54. The van der Waals surface area contributed by atoms with Crippen LogP contribution in [0.25, 0.3) is 11.4 Å². The van der Waals surface area contributed by atoms with Crippen LogP contribution >= 0.6 is 0 Å². The Morgan fingerprint density at radius 3 is 2.39 bits per heavy atom. The topological polar surface area (TPSA) is 61.3 Å². The fourth-order valence-electron chi connectivity index (χ4n) is 1.98. The molecule has 5 nitrogen and oxygen atoms in total. The van der Waals surface area contributed by atoms with Gasteiger partial charge in [0.25, 0.3) is 0 Å². The fraction of sp³-hybridized carbons (Fsp3) is 0.389. The standard InChI is InChI=1S/C18H22N2O3/c1-4-5-6-14-11-19-17(20-12-14)15-7-9-16(10-8-15)23-18(21)13(2)22-3/h7-13H,4-6H2,1-3H3. The molecule has 1 aromatic carbocycles. The highest BCUT2D eigenvalue weighted by atomic mass is 16.6. The van der Waals surface area contributed by atoms with Crippen molar-refractivity contribution >= 4 is 5.97 Å². The van der Waals surface area contributed by atoms with Crippen LogP contribution in [0.3, 0.4) is 0 Å². The van der Waals surface area contributed by atoms with E-state index in [4.69, 9.17) is 9.47 Å². The first kappa shape index (κ1) is 17.1. The zero-order valence-electron chi connectivity index (χ0n) is 13.8. The molecule has 0 saturated carbocycles. The van der Waals surface area contributed by atoms with Crippen molar-refractivity contribution in [1.82, 2.24) is 9.97 Å². The van der Waals surface area contributed by atoms with E-state index in [2.05, 4.69) is 16.9 Å². The monoisotopic (exact) mass is 314 g/mol. The number of nitrogens with zero attached hydrogens (tertiary/aromatic N) is 2. The third kappa shape index (κ3) is 4.86. The van der Waals surface area contributed by atoms with E-state index in [0.29, 0.717) is 11.6 Å². The van der Waals surface area contributed by atoms with Crippen LogP contribution in [0.1, 0.15) is 32.3 Å². The van der Waals surface area contributed by atoms with Crippen molar-refractivity contribution in [1.29, 1.82) is 0 Å². The van der Waals surface area contributed by atoms with Gasteiger partial charge in [-0.3, -0.25) is 0 Å². The highest BCUT2D eigenvalue weighted by Crippen LogP contribution is 2.20. The van der Waals surface area contributed by atoms with Gasteiger partial charge >= 0.3 is 5.97 Å². The molecule has 0 aliphatic heterocycles. The zero-order valence-corrected chi connectivity index (χ0v) is 13.8. The van der Waals surface area contributed by atoms with Crippen LogP contribution in [0, 0.1) is 0 Å². The van der Waals surface area contributed by atoms with Crippen LogP contribution in [0.5, 0.6) is 5.75 Å². The summed E-state index contributed by atoms with van der Waals surface area (Å²) in [4.78, 5) is 20.4. The summed E-state index contributed by atoms with van der Waals surface area (Å²) in [7, 11) is 1.47. The van der Waals surface area contributed by atoms with Crippen molar-refractivity contribution in [3.8, 4) is 17.1 Å². The van der Waals surface area contributed by atoms with E-state index in [0.717, 1.165) is 30.4 Å². The summed E-state index contributed by atoms with van der Waals surface area (Å²) in [6.45, 7) is 3.81. The van der Waals surface area contributed by atoms with E-state index in [1.165, 1.54) is 7.11 Å². The molecule has 1 unspecified atom stereocenters. The molecule has 0 aliphatic rings. The van der Waals surface area contributed by atoms with Crippen LogP contribution in [0.15, 0.2) is 36.7 Å². The lowest BCUT2D eigenvalue weighted by Gasteiger charge is -2.09. The molecule has 2 rings (SSSR count). The van der Waals surface area contributed by atoms with E-state index in [9.17, 15) is 4.79 Å². The summed E-state index contributed by atoms with van der Waals surface area (Å²) < 4.78 is 10.1. The van der Waals surface area contributed by atoms with E-state index >= 15 is 0 Å². The van der Waals surface area contributed by atoms with Gasteiger partial charge in [0.15, 0.2) is 11.9 Å². The summed E-state index contributed by atoms with van der Waals surface area (Å²) in [5.41, 5.74) is 2.03. The van der Waals surface area contributed by atoms with Crippen LogP contribution in [0.4, 0.5) is 0 Å². The molecule has 0 N–H and O–H groups in total. The molecule has 0 aliphatic carbocycles.